The van der Waals surface area contributed by atoms with Gasteiger partial charge in [-0.15, -0.1) is 0 Å². The molecule has 2 aromatic rings. The zero-order valence-electron chi connectivity index (χ0n) is 15.2. The number of nitrogens with one attached hydrogen (secondary N) is 1. The molecule has 26 heavy (non-hydrogen) atoms. The van der Waals surface area contributed by atoms with Gasteiger partial charge in [0.2, 0.25) is 5.91 Å². The lowest BCUT2D eigenvalue weighted by molar-refractivity contribution is -0.117. The van der Waals surface area contributed by atoms with Gasteiger partial charge in [-0.25, -0.2) is 0 Å². The van der Waals surface area contributed by atoms with Crippen LogP contribution in [0.1, 0.15) is 35.7 Å². The minimum Gasteiger partial charge on any atom is -0.496 e. The highest BCUT2D eigenvalue weighted by molar-refractivity contribution is 5.99. The Labute approximate surface area is 154 Å². The van der Waals surface area contributed by atoms with E-state index in [0.717, 1.165) is 23.4 Å². The lowest BCUT2D eigenvalue weighted by Gasteiger charge is -2.18. The standard InChI is InChI=1S/C21H24N2O3/c1-15(13-16-7-3-4-10-19(16)26-2)22-21(25)17-8-5-9-18(14-17)23-12-6-11-20(23)24/h3-5,7-10,14-15H,6,11-13H2,1-2H3,(H,22,25). The predicted octanol–water partition coefficient (Wildman–Crippen LogP) is 3.18. The average molecular weight is 352 g/mol. The fourth-order valence-electron chi connectivity index (χ4n) is 3.30. The summed E-state index contributed by atoms with van der Waals surface area (Å²) < 4.78 is 5.37. The Kier molecular flexibility index (Phi) is 5.56. The maximum atomic E-state index is 12.6. The van der Waals surface area contributed by atoms with Crippen molar-refractivity contribution in [1.82, 2.24) is 5.32 Å². The van der Waals surface area contributed by atoms with Crippen molar-refractivity contribution in [3.63, 3.8) is 0 Å². The number of amides is 2. The predicted molar refractivity (Wildman–Crippen MR) is 102 cm³/mol. The molecule has 1 aliphatic rings. The number of carbonyl (C=O) groups is 2. The van der Waals surface area contributed by atoms with Crippen LogP contribution in [0.4, 0.5) is 5.69 Å². The van der Waals surface area contributed by atoms with Crippen LogP contribution in [0.5, 0.6) is 5.75 Å². The van der Waals surface area contributed by atoms with E-state index in [0.29, 0.717) is 24.9 Å². The number of para-hydroxylation sites is 1. The van der Waals surface area contributed by atoms with Crippen molar-refractivity contribution in [2.45, 2.75) is 32.2 Å². The first kappa shape index (κ1) is 18.0. The summed E-state index contributed by atoms with van der Waals surface area (Å²) >= 11 is 0. The van der Waals surface area contributed by atoms with Crippen molar-refractivity contribution < 1.29 is 14.3 Å². The molecule has 0 aromatic heterocycles. The summed E-state index contributed by atoms with van der Waals surface area (Å²) in [6, 6.07) is 15.0. The molecule has 2 aromatic carbocycles. The van der Waals surface area contributed by atoms with Gasteiger partial charge in [0.05, 0.1) is 7.11 Å². The topological polar surface area (TPSA) is 58.6 Å². The van der Waals surface area contributed by atoms with E-state index >= 15 is 0 Å². The van der Waals surface area contributed by atoms with Crippen LogP contribution in [0.2, 0.25) is 0 Å². The Morgan fingerprint density at radius 2 is 2.04 bits per heavy atom. The Balaban J connectivity index is 1.67. The summed E-state index contributed by atoms with van der Waals surface area (Å²) in [5.74, 6) is 0.802. The van der Waals surface area contributed by atoms with E-state index in [2.05, 4.69) is 5.32 Å². The molecular weight excluding hydrogens is 328 g/mol. The van der Waals surface area contributed by atoms with Gasteiger partial charge < -0.3 is 15.0 Å². The lowest BCUT2D eigenvalue weighted by Crippen LogP contribution is -2.34. The SMILES string of the molecule is COc1ccccc1CC(C)NC(=O)c1cccc(N2CCCC2=O)c1. The summed E-state index contributed by atoms with van der Waals surface area (Å²) in [4.78, 5) is 26.3. The van der Waals surface area contributed by atoms with E-state index < -0.39 is 0 Å². The fraction of sp³-hybridized carbons (Fsp3) is 0.333. The number of methoxy groups -OCH3 is 1. The normalized spacial score (nSPS) is 15.0. The second kappa shape index (κ2) is 8.04. The van der Waals surface area contributed by atoms with E-state index in [9.17, 15) is 9.59 Å². The molecule has 3 rings (SSSR count). The summed E-state index contributed by atoms with van der Waals surface area (Å²) in [5, 5.41) is 3.03. The first-order valence-electron chi connectivity index (χ1n) is 8.91. The largest absolute Gasteiger partial charge is 0.496 e. The van der Waals surface area contributed by atoms with Gasteiger partial charge in [-0.1, -0.05) is 24.3 Å². The highest BCUT2D eigenvalue weighted by atomic mass is 16.5. The molecule has 0 radical (unpaired) electrons. The summed E-state index contributed by atoms with van der Waals surface area (Å²) in [6.45, 7) is 2.69. The molecule has 0 spiro atoms. The highest BCUT2D eigenvalue weighted by Crippen LogP contribution is 2.23. The smallest absolute Gasteiger partial charge is 0.251 e. The van der Waals surface area contributed by atoms with Crippen LogP contribution in [0.15, 0.2) is 48.5 Å². The minimum absolute atomic E-state index is 0.0455. The van der Waals surface area contributed by atoms with Crippen LogP contribution in [-0.2, 0) is 11.2 Å². The van der Waals surface area contributed by atoms with Gasteiger partial charge in [0, 0.05) is 30.3 Å². The Hall–Kier alpha value is -2.82. The Bertz CT molecular complexity index is 803. The molecule has 1 unspecified atom stereocenters. The number of rotatable bonds is 6. The highest BCUT2D eigenvalue weighted by Gasteiger charge is 2.22. The first-order valence-corrected chi connectivity index (χ1v) is 8.91. The molecule has 1 heterocycles. The zero-order valence-corrected chi connectivity index (χ0v) is 15.2. The summed E-state index contributed by atoms with van der Waals surface area (Å²) in [7, 11) is 1.65. The number of hydrogen-bond acceptors (Lipinski definition) is 3. The molecular formula is C21H24N2O3. The number of nitrogens with zero attached hydrogens (tertiary/aromatic N) is 1. The van der Waals surface area contributed by atoms with E-state index in [1.54, 1.807) is 24.1 Å². The van der Waals surface area contributed by atoms with E-state index in [4.69, 9.17) is 4.74 Å². The van der Waals surface area contributed by atoms with E-state index in [-0.39, 0.29) is 17.9 Å². The number of carbonyl (C=O) groups excluding carboxylic acids is 2. The number of ether oxygens (including phenoxy) is 1. The van der Waals surface area contributed by atoms with Crippen molar-refractivity contribution in [3.8, 4) is 5.75 Å². The molecule has 5 heteroatoms. The molecule has 136 valence electrons. The zero-order chi connectivity index (χ0) is 18.5. The average Bonchev–Trinajstić information content (AvgIpc) is 3.08. The maximum Gasteiger partial charge on any atom is 0.251 e. The van der Waals surface area contributed by atoms with Gasteiger partial charge >= 0.3 is 0 Å². The van der Waals surface area contributed by atoms with Gasteiger partial charge in [-0.2, -0.15) is 0 Å². The number of benzene rings is 2. The van der Waals surface area contributed by atoms with Crippen molar-refractivity contribution >= 4 is 17.5 Å². The van der Waals surface area contributed by atoms with Gasteiger partial charge in [0.25, 0.3) is 5.91 Å². The van der Waals surface area contributed by atoms with Gasteiger partial charge in [-0.3, -0.25) is 9.59 Å². The van der Waals surface area contributed by atoms with Crippen LogP contribution < -0.4 is 15.0 Å². The second-order valence-electron chi connectivity index (χ2n) is 6.59. The van der Waals surface area contributed by atoms with Gasteiger partial charge in [0.15, 0.2) is 0 Å². The third kappa shape index (κ3) is 4.04. The second-order valence-corrected chi connectivity index (χ2v) is 6.59. The van der Waals surface area contributed by atoms with Crippen LogP contribution in [0, 0.1) is 0 Å². The number of anilines is 1. The molecule has 1 saturated heterocycles. The Morgan fingerprint density at radius 1 is 1.23 bits per heavy atom. The van der Waals surface area contributed by atoms with E-state index in [1.165, 1.54) is 0 Å². The van der Waals surface area contributed by atoms with Gasteiger partial charge in [-0.05, 0) is 49.6 Å². The van der Waals surface area contributed by atoms with Crippen LogP contribution in [-0.4, -0.2) is 31.5 Å². The molecule has 0 aliphatic carbocycles. The van der Waals surface area contributed by atoms with Crippen LogP contribution in [0.25, 0.3) is 0 Å². The molecule has 1 aliphatic heterocycles. The third-order valence-corrected chi connectivity index (χ3v) is 4.59. The maximum absolute atomic E-state index is 12.6. The molecule has 0 bridgehead atoms. The van der Waals surface area contributed by atoms with Crippen molar-refractivity contribution in [2.24, 2.45) is 0 Å². The van der Waals surface area contributed by atoms with Gasteiger partial charge in [0.1, 0.15) is 5.75 Å². The molecule has 1 atom stereocenters. The van der Waals surface area contributed by atoms with Crippen molar-refractivity contribution in [1.29, 1.82) is 0 Å². The van der Waals surface area contributed by atoms with Crippen LogP contribution >= 0.6 is 0 Å². The van der Waals surface area contributed by atoms with Crippen LogP contribution in [0.3, 0.4) is 0 Å². The fourth-order valence-corrected chi connectivity index (χ4v) is 3.30. The molecule has 2 amide bonds. The third-order valence-electron chi connectivity index (χ3n) is 4.59. The molecule has 1 N–H and O–H groups in total. The molecule has 0 saturated carbocycles. The molecule has 5 nitrogen and oxygen atoms in total. The lowest BCUT2D eigenvalue weighted by atomic mass is 10.1. The summed E-state index contributed by atoms with van der Waals surface area (Å²) in [6.07, 6.45) is 2.12. The monoisotopic (exact) mass is 352 g/mol. The molecule has 1 fully saturated rings. The quantitative estimate of drug-likeness (QED) is 0.869. The van der Waals surface area contributed by atoms with Crippen molar-refractivity contribution in [3.05, 3.63) is 59.7 Å². The van der Waals surface area contributed by atoms with E-state index in [1.807, 2.05) is 43.3 Å². The first-order chi connectivity index (χ1) is 12.6. The number of hydrogen-bond donors (Lipinski definition) is 1. The minimum atomic E-state index is -0.138. The Morgan fingerprint density at radius 3 is 2.77 bits per heavy atom. The van der Waals surface area contributed by atoms with Crippen molar-refractivity contribution in [2.75, 3.05) is 18.6 Å². The summed E-state index contributed by atoms with van der Waals surface area (Å²) in [5.41, 5.74) is 2.41.